The highest BCUT2D eigenvalue weighted by Crippen LogP contribution is 2.42. The van der Waals surface area contributed by atoms with Crippen LogP contribution in [0.3, 0.4) is 0 Å². The predicted octanol–water partition coefficient (Wildman–Crippen LogP) is 10.5. The van der Waals surface area contributed by atoms with Gasteiger partial charge in [0.1, 0.15) is 0 Å². The van der Waals surface area contributed by atoms with Crippen molar-refractivity contribution in [3.8, 4) is 22.6 Å². The second kappa shape index (κ2) is 16.3. The first-order valence-electron chi connectivity index (χ1n) is 15.1. The van der Waals surface area contributed by atoms with Gasteiger partial charge in [-0.15, -0.1) is 0 Å². The number of carbonyl (C=O) groups is 1. The standard InChI is InChI=1S/C32H38F8O3/c1-3-5-7-8-9-10-12-18-13-15-19(16-14-18)32(41)43-31-28(39)24(35)21(25(36)29(31)40)20-22(33)26(37)30(27(38)23(20)34)42-17-11-6-4-2/h18-19H,3-17H2,1-2H3. The quantitative estimate of drug-likeness (QED) is 0.0652. The Hall–Kier alpha value is -2.85. The van der Waals surface area contributed by atoms with Gasteiger partial charge in [-0.05, 0) is 38.0 Å². The molecule has 2 aromatic carbocycles. The summed E-state index contributed by atoms with van der Waals surface area (Å²) in [6, 6.07) is 0. The molecule has 0 unspecified atom stereocenters. The van der Waals surface area contributed by atoms with Gasteiger partial charge < -0.3 is 9.47 Å². The van der Waals surface area contributed by atoms with Crippen molar-refractivity contribution in [1.82, 2.24) is 0 Å². The second-order valence-corrected chi connectivity index (χ2v) is 11.2. The maximum absolute atomic E-state index is 15.0. The van der Waals surface area contributed by atoms with Gasteiger partial charge in [-0.25, -0.2) is 17.6 Å². The maximum Gasteiger partial charge on any atom is 0.314 e. The number of hydrogen-bond donors (Lipinski definition) is 0. The normalized spacial score (nSPS) is 16.9. The molecule has 0 bridgehead atoms. The zero-order valence-corrected chi connectivity index (χ0v) is 24.5. The summed E-state index contributed by atoms with van der Waals surface area (Å²) in [6.07, 6.45) is 11.6. The van der Waals surface area contributed by atoms with Crippen LogP contribution < -0.4 is 9.47 Å². The summed E-state index contributed by atoms with van der Waals surface area (Å²) >= 11 is 0. The molecule has 1 aliphatic rings. The lowest BCUT2D eigenvalue weighted by molar-refractivity contribution is -0.140. The molecule has 11 heteroatoms. The van der Waals surface area contributed by atoms with Gasteiger partial charge >= 0.3 is 5.97 Å². The van der Waals surface area contributed by atoms with Crippen molar-refractivity contribution < 1.29 is 49.4 Å². The molecule has 2 aromatic rings. The SMILES string of the molecule is CCCCCCCCC1CCC(C(=O)Oc2c(F)c(F)c(-c3c(F)c(F)c(OCCCCC)c(F)c3F)c(F)c2F)CC1. The van der Waals surface area contributed by atoms with Crippen LogP contribution in [0.1, 0.15) is 104 Å². The highest BCUT2D eigenvalue weighted by atomic mass is 19.2. The van der Waals surface area contributed by atoms with Crippen molar-refractivity contribution in [2.45, 2.75) is 104 Å². The highest BCUT2D eigenvalue weighted by molar-refractivity contribution is 5.76. The summed E-state index contributed by atoms with van der Waals surface area (Å²) < 4.78 is 128. The average Bonchev–Trinajstić information content (AvgIpc) is 3.00. The molecule has 0 aliphatic heterocycles. The highest BCUT2D eigenvalue weighted by Gasteiger charge is 2.37. The van der Waals surface area contributed by atoms with E-state index in [1.165, 1.54) is 19.3 Å². The Bertz CT molecular complexity index is 1200. The van der Waals surface area contributed by atoms with Crippen LogP contribution in [-0.2, 0) is 4.79 Å². The number of halogens is 8. The van der Waals surface area contributed by atoms with E-state index in [1.807, 2.05) is 6.92 Å². The Labute approximate surface area is 246 Å². The maximum atomic E-state index is 15.0. The van der Waals surface area contributed by atoms with E-state index in [0.717, 1.165) is 25.7 Å². The molecule has 1 fully saturated rings. The minimum atomic E-state index is -2.39. The fraction of sp³-hybridized carbons (Fsp3) is 0.594. The van der Waals surface area contributed by atoms with E-state index in [4.69, 9.17) is 9.47 Å². The van der Waals surface area contributed by atoms with Crippen LogP contribution in [-0.4, -0.2) is 12.6 Å². The van der Waals surface area contributed by atoms with Crippen molar-refractivity contribution in [2.75, 3.05) is 6.61 Å². The van der Waals surface area contributed by atoms with Crippen molar-refractivity contribution in [2.24, 2.45) is 11.8 Å². The van der Waals surface area contributed by atoms with Gasteiger partial charge in [-0.3, -0.25) is 4.79 Å². The van der Waals surface area contributed by atoms with Gasteiger partial charge in [0.05, 0.1) is 23.7 Å². The number of unbranched alkanes of at least 4 members (excludes halogenated alkanes) is 7. The first-order chi connectivity index (χ1) is 20.5. The number of rotatable bonds is 15. The predicted molar refractivity (Wildman–Crippen MR) is 146 cm³/mol. The average molecular weight is 623 g/mol. The summed E-state index contributed by atoms with van der Waals surface area (Å²) in [6.45, 7) is 3.66. The molecule has 0 atom stereocenters. The first kappa shape index (κ1) is 34.6. The molecule has 0 aromatic heterocycles. The zero-order chi connectivity index (χ0) is 31.7. The Balaban J connectivity index is 1.76. The Morgan fingerprint density at radius 3 is 1.53 bits per heavy atom. The Morgan fingerprint density at radius 1 is 0.581 bits per heavy atom. The van der Waals surface area contributed by atoms with E-state index < -0.39 is 81.1 Å². The molecule has 0 radical (unpaired) electrons. The number of carbonyl (C=O) groups excluding carboxylic acids is 1. The van der Waals surface area contributed by atoms with Crippen LogP contribution >= 0.6 is 0 Å². The van der Waals surface area contributed by atoms with E-state index in [1.54, 1.807) is 0 Å². The van der Waals surface area contributed by atoms with E-state index >= 15 is 0 Å². The van der Waals surface area contributed by atoms with E-state index in [-0.39, 0.29) is 6.61 Å². The zero-order valence-electron chi connectivity index (χ0n) is 24.5. The topological polar surface area (TPSA) is 35.5 Å². The smallest absolute Gasteiger partial charge is 0.314 e. The molecule has 3 rings (SSSR count). The van der Waals surface area contributed by atoms with Crippen LogP contribution in [0.2, 0.25) is 0 Å². The lowest BCUT2D eigenvalue weighted by atomic mass is 9.79. The summed E-state index contributed by atoms with van der Waals surface area (Å²) in [7, 11) is 0. The third-order valence-electron chi connectivity index (χ3n) is 8.04. The van der Waals surface area contributed by atoms with Crippen LogP contribution in [0.4, 0.5) is 35.1 Å². The monoisotopic (exact) mass is 622 g/mol. The number of benzene rings is 2. The Morgan fingerprint density at radius 2 is 1.02 bits per heavy atom. The van der Waals surface area contributed by atoms with Crippen molar-refractivity contribution in [1.29, 1.82) is 0 Å². The van der Waals surface area contributed by atoms with Gasteiger partial charge in [0.15, 0.2) is 29.0 Å². The molecule has 0 amide bonds. The van der Waals surface area contributed by atoms with Crippen LogP contribution in [0.15, 0.2) is 0 Å². The molecular formula is C32H38F8O3. The minimum Gasteiger partial charge on any atom is -0.487 e. The lowest BCUT2D eigenvalue weighted by Gasteiger charge is -2.27. The fourth-order valence-electron chi connectivity index (χ4n) is 5.49. The molecule has 1 aliphatic carbocycles. The van der Waals surface area contributed by atoms with Crippen LogP contribution in [0.25, 0.3) is 11.1 Å². The van der Waals surface area contributed by atoms with Crippen LogP contribution in [0, 0.1) is 58.4 Å². The van der Waals surface area contributed by atoms with E-state index in [0.29, 0.717) is 50.9 Å². The van der Waals surface area contributed by atoms with Gasteiger partial charge in [0.2, 0.25) is 29.0 Å². The van der Waals surface area contributed by atoms with Gasteiger partial charge in [-0.1, -0.05) is 71.6 Å². The van der Waals surface area contributed by atoms with Gasteiger partial charge in [0, 0.05) is 0 Å². The number of hydrogen-bond acceptors (Lipinski definition) is 3. The first-order valence-corrected chi connectivity index (χ1v) is 15.1. The van der Waals surface area contributed by atoms with Crippen molar-refractivity contribution in [3.05, 3.63) is 46.5 Å². The summed E-state index contributed by atoms with van der Waals surface area (Å²) in [5.74, 6) is -22.9. The van der Waals surface area contributed by atoms with Crippen LogP contribution in [0.5, 0.6) is 11.5 Å². The minimum absolute atomic E-state index is 0.293. The molecule has 1 saturated carbocycles. The van der Waals surface area contributed by atoms with Gasteiger partial charge in [-0.2, -0.15) is 17.6 Å². The van der Waals surface area contributed by atoms with Crippen molar-refractivity contribution >= 4 is 5.97 Å². The molecule has 0 spiro atoms. The molecule has 0 saturated heterocycles. The largest absolute Gasteiger partial charge is 0.487 e. The number of ether oxygens (including phenoxy) is 2. The molecule has 0 N–H and O–H groups in total. The van der Waals surface area contributed by atoms with E-state index in [2.05, 4.69) is 6.92 Å². The summed E-state index contributed by atoms with van der Waals surface area (Å²) in [5, 5.41) is 0. The summed E-state index contributed by atoms with van der Waals surface area (Å²) in [4.78, 5) is 12.6. The van der Waals surface area contributed by atoms with Gasteiger partial charge in [0.25, 0.3) is 0 Å². The third-order valence-corrected chi connectivity index (χ3v) is 8.04. The molecule has 3 nitrogen and oxygen atoms in total. The molecule has 43 heavy (non-hydrogen) atoms. The summed E-state index contributed by atoms with van der Waals surface area (Å²) in [5.41, 5.74) is -4.04. The molecule has 0 heterocycles. The lowest BCUT2D eigenvalue weighted by Crippen LogP contribution is -2.26. The molecule has 240 valence electrons. The molecular weight excluding hydrogens is 584 g/mol. The van der Waals surface area contributed by atoms with Crippen molar-refractivity contribution in [3.63, 3.8) is 0 Å². The Kier molecular flexibility index (Phi) is 13.1. The van der Waals surface area contributed by atoms with E-state index in [9.17, 15) is 39.9 Å². The number of esters is 1. The fourth-order valence-corrected chi connectivity index (χ4v) is 5.49. The second-order valence-electron chi connectivity index (χ2n) is 11.2. The third kappa shape index (κ3) is 8.20.